The minimum Gasteiger partial charge on any atom is -0.481 e. The van der Waals surface area contributed by atoms with Crippen LogP contribution < -0.4 is 11.5 Å². The van der Waals surface area contributed by atoms with Gasteiger partial charge in [0.1, 0.15) is 0 Å². The second kappa shape index (κ2) is 8.29. The molecule has 2 aromatic rings. The number of nitrogens with two attached hydrogens (primary N) is 2. The quantitative estimate of drug-likeness (QED) is 0.658. The largest absolute Gasteiger partial charge is 0.481 e. The molecule has 1 aromatic heterocycles. The highest BCUT2D eigenvalue weighted by molar-refractivity contribution is 5.78. The third-order valence-corrected chi connectivity index (χ3v) is 2.68. The maximum absolute atomic E-state index is 10.1. The van der Waals surface area contributed by atoms with E-state index in [9.17, 15) is 4.79 Å². The van der Waals surface area contributed by atoms with Crippen LogP contribution in [0.15, 0.2) is 36.5 Å². The van der Waals surface area contributed by atoms with Gasteiger partial charge in [0, 0.05) is 17.8 Å². The van der Waals surface area contributed by atoms with Crippen molar-refractivity contribution in [1.82, 2.24) is 4.98 Å². The van der Waals surface area contributed by atoms with Crippen LogP contribution in [0.1, 0.15) is 19.3 Å². The number of aliphatic carboxylic acids is 1. The first kappa shape index (κ1) is 15.2. The number of nitrogens with one attached hydrogen (secondary N) is 1. The van der Waals surface area contributed by atoms with Crippen molar-refractivity contribution >= 4 is 16.9 Å². The number of fused-ring (bicyclic) bond motifs is 1. The fourth-order valence-electron chi connectivity index (χ4n) is 1.70. The number of carboxylic acid groups (broad SMARTS) is 1. The van der Waals surface area contributed by atoms with Gasteiger partial charge in [-0.05, 0) is 36.9 Å². The van der Waals surface area contributed by atoms with Crippen molar-refractivity contribution in [2.75, 3.05) is 6.54 Å². The second-order valence-electron chi connectivity index (χ2n) is 4.35. The summed E-state index contributed by atoms with van der Waals surface area (Å²) in [5, 5.41) is 9.55. The number of carbonyl (C=O) groups is 1. The van der Waals surface area contributed by atoms with Gasteiger partial charge in [0.15, 0.2) is 0 Å². The molecule has 19 heavy (non-hydrogen) atoms. The van der Waals surface area contributed by atoms with Gasteiger partial charge in [-0.15, -0.1) is 0 Å². The van der Waals surface area contributed by atoms with Crippen LogP contribution in [-0.2, 0) is 4.79 Å². The highest BCUT2D eigenvalue weighted by Crippen LogP contribution is 2.09. The number of hydrogen-bond acceptors (Lipinski definition) is 3. The van der Waals surface area contributed by atoms with Crippen molar-refractivity contribution in [2.24, 2.45) is 11.5 Å². The molecule has 0 spiro atoms. The third kappa shape index (κ3) is 6.03. The molecule has 5 nitrogen and oxygen atoms in total. The van der Waals surface area contributed by atoms with Crippen LogP contribution in [0, 0.1) is 0 Å². The summed E-state index contributed by atoms with van der Waals surface area (Å²) in [4.78, 5) is 13.2. The molecule has 2 rings (SSSR count). The van der Waals surface area contributed by atoms with Gasteiger partial charge < -0.3 is 21.6 Å². The van der Waals surface area contributed by atoms with Gasteiger partial charge >= 0.3 is 5.97 Å². The molecule has 0 amide bonds. The van der Waals surface area contributed by atoms with Gasteiger partial charge in [0.05, 0.1) is 6.42 Å². The third-order valence-electron chi connectivity index (χ3n) is 2.68. The van der Waals surface area contributed by atoms with Gasteiger partial charge in [-0.2, -0.15) is 0 Å². The van der Waals surface area contributed by atoms with E-state index in [0.717, 1.165) is 6.42 Å². The first-order valence-corrected chi connectivity index (χ1v) is 6.33. The van der Waals surface area contributed by atoms with Crippen molar-refractivity contribution in [2.45, 2.75) is 25.3 Å². The van der Waals surface area contributed by atoms with Crippen molar-refractivity contribution in [3.8, 4) is 0 Å². The van der Waals surface area contributed by atoms with Crippen LogP contribution in [0.4, 0.5) is 0 Å². The number of aromatic nitrogens is 1. The Bertz CT molecular complexity index is 466. The van der Waals surface area contributed by atoms with Crippen LogP contribution >= 0.6 is 0 Å². The van der Waals surface area contributed by atoms with Crippen molar-refractivity contribution in [1.29, 1.82) is 0 Å². The van der Waals surface area contributed by atoms with Crippen molar-refractivity contribution in [3.05, 3.63) is 36.5 Å². The number of carboxylic acids is 1. The zero-order chi connectivity index (χ0) is 14.1. The summed E-state index contributed by atoms with van der Waals surface area (Å²) >= 11 is 0. The lowest BCUT2D eigenvalue weighted by Gasteiger charge is -2.05. The Morgan fingerprint density at radius 1 is 1.32 bits per heavy atom. The van der Waals surface area contributed by atoms with Crippen molar-refractivity contribution < 1.29 is 9.90 Å². The molecular formula is C14H21N3O2. The number of para-hydroxylation sites is 1. The van der Waals surface area contributed by atoms with Crippen LogP contribution in [0.5, 0.6) is 0 Å². The monoisotopic (exact) mass is 263 g/mol. The van der Waals surface area contributed by atoms with E-state index in [4.69, 9.17) is 16.6 Å². The van der Waals surface area contributed by atoms with E-state index < -0.39 is 5.97 Å². The predicted molar refractivity (Wildman–Crippen MR) is 76.8 cm³/mol. The van der Waals surface area contributed by atoms with E-state index in [1.54, 1.807) is 0 Å². The highest BCUT2D eigenvalue weighted by Gasteiger charge is 2.05. The molecule has 0 aliphatic heterocycles. The molecule has 0 aliphatic carbocycles. The summed E-state index contributed by atoms with van der Waals surface area (Å²) in [5.74, 6) is -0.843. The Hall–Kier alpha value is -1.85. The molecule has 0 aliphatic rings. The van der Waals surface area contributed by atoms with Gasteiger partial charge in [-0.3, -0.25) is 4.79 Å². The molecular weight excluding hydrogens is 242 g/mol. The highest BCUT2D eigenvalue weighted by atomic mass is 16.4. The number of H-pyrrole nitrogens is 1. The number of rotatable bonds is 5. The summed E-state index contributed by atoms with van der Waals surface area (Å²) in [5.41, 5.74) is 11.8. The van der Waals surface area contributed by atoms with Gasteiger partial charge in [-0.25, -0.2) is 0 Å². The van der Waals surface area contributed by atoms with Gasteiger partial charge in [0.25, 0.3) is 0 Å². The molecule has 1 heterocycles. The van der Waals surface area contributed by atoms with Crippen LogP contribution in [-0.4, -0.2) is 28.6 Å². The standard InChI is InChI=1S/C8H7N.C6H14N2O2/c1-2-4-8-7(3-1)5-6-9-8;7-3-1-2-5(8)4-6(9)10/h1-6,9H;5H,1-4,7-8H2,(H,9,10). The predicted octanol–water partition coefficient (Wildman–Crippen LogP) is 1.70. The molecule has 104 valence electrons. The lowest BCUT2D eigenvalue weighted by atomic mass is 10.1. The van der Waals surface area contributed by atoms with Gasteiger partial charge in [-0.1, -0.05) is 18.2 Å². The first-order valence-electron chi connectivity index (χ1n) is 6.33. The fraction of sp³-hybridized carbons (Fsp3) is 0.357. The van der Waals surface area contributed by atoms with E-state index >= 15 is 0 Å². The minimum absolute atomic E-state index is 0.0417. The molecule has 6 N–H and O–H groups in total. The number of benzene rings is 1. The Morgan fingerprint density at radius 3 is 2.68 bits per heavy atom. The second-order valence-corrected chi connectivity index (χ2v) is 4.35. The minimum atomic E-state index is -0.843. The molecule has 1 aromatic carbocycles. The Balaban J connectivity index is 0.000000190. The normalized spacial score (nSPS) is 11.7. The van der Waals surface area contributed by atoms with Gasteiger partial charge in [0.2, 0.25) is 0 Å². The molecule has 0 saturated carbocycles. The van der Waals surface area contributed by atoms with Crippen molar-refractivity contribution in [3.63, 3.8) is 0 Å². The Labute approximate surface area is 112 Å². The smallest absolute Gasteiger partial charge is 0.304 e. The van der Waals surface area contributed by atoms with E-state index in [1.165, 1.54) is 10.9 Å². The first-order chi connectivity index (χ1) is 9.13. The molecule has 0 saturated heterocycles. The van der Waals surface area contributed by atoms with E-state index in [0.29, 0.717) is 13.0 Å². The average molecular weight is 263 g/mol. The number of hydrogen-bond donors (Lipinski definition) is 4. The maximum atomic E-state index is 10.1. The molecule has 1 atom stereocenters. The van der Waals surface area contributed by atoms with E-state index in [-0.39, 0.29) is 12.5 Å². The zero-order valence-electron chi connectivity index (χ0n) is 10.9. The summed E-state index contributed by atoms with van der Waals surface area (Å²) < 4.78 is 0. The molecule has 1 unspecified atom stereocenters. The van der Waals surface area contributed by atoms with Crippen LogP contribution in [0.3, 0.4) is 0 Å². The molecule has 0 bridgehead atoms. The van der Waals surface area contributed by atoms with Crippen LogP contribution in [0.25, 0.3) is 10.9 Å². The summed E-state index contributed by atoms with van der Waals surface area (Å²) in [7, 11) is 0. The topological polar surface area (TPSA) is 105 Å². The van der Waals surface area contributed by atoms with Crippen LogP contribution in [0.2, 0.25) is 0 Å². The SMILES string of the molecule is NCCCC(N)CC(=O)O.c1ccc2[nH]ccc2c1. The van der Waals surface area contributed by atoms with E-state index in [1.807, 2.05) is 18.3 Å². The Kier molecular flexibility index (Phi) is 6.63. The number of aromatic amines is 1. The van der Waals surface area contributed by atoms with E-state index in [2.05, 4.69) is 23.2 Å². The average Bonchev–Trinajstić information content (AvgIpc) is 2.84. The maximum Gasteiger partial charge on any atom is 0.304 e. The molecule has 5 heteroatoms. The summed E-state index contributed by atoms with van der Waals surface area (Å²) in [6.07, 6.45) is 3.49. The lowest BCUT2D eigenvalue weighted by molar-refractivity contribution is -0.137. The summed E-state index contributed by atoms with van der Waals surface area (Å²) in [6, 6.07) is 10.0. The lowest BCUT2D eigenvalue weighted by Crippen LogP contribution is -2.24. The summed E-state index contributed by atoms with van der Waals surface area (Å²) in [6.45, 7) is 0.577. The zero-order valence-corrected chi connectivity index (χ0v) is 10.9. The molecule has 0 radical (unpaired) electrons. The Morgan fingerprint density at radius 2 is 2.05 bits per heavy atom. The fourth-order valence-corrected chi connectivity index (χ4v) is 1.70. The molecule has 0 fully saturated rings.